The number of benzene rings is 3. The Bertz CT molecular complexity index is 1320. The molecule has 0 aliphatic rings. The molecule has 35 heavy (non-hydrogen) atoms. The van der Waals surface area contributed by atoms with Gasteiger partial charge in [0.1, 0.15) is 25.1 Å². The highest BCUT2D eigenvalue weighted by molar-refractivity contribution is 5.63. The van der Waals surface area contributed by atoms with E-state index in [-0.39, 0.29) is 30.3 Å². The maximum atomic E-state index is 13.4. The quantitative estimate of drug-likeness (QED) is 0.351. The molecule has 0 bridgehead atoms. The minimum absolute atomic E-state index is 0.0219. The zero-order chi connectivity index (χ0) is 24.6. The van der Waals surface area contributed by atoms with Gasteiger partial charge in [0.05, 0.1) is 6.07 Å². The van der Waals surface area contributed by atoms with Crippen molar-refractivity contribution in [2.45, 2.75) is 19.3 Å². The van der Waals surface area contributed by atoms with Crippen LogP contribution in [0.4, 0.5) is 9.18 Å². The second-order valence-corrected chi connectivity index (χ2v) is 7.48. The normalized spacial score (nSPS) is 11.5. The molecule has 1 atom stereocenters. The van der Waals surface area contributed by atoms with Crippen molar-refractivity contribution in [1.29, 1.82) is 0 Å². The molecule has 1 heterocycles. The molecule has 7 nitrogen and oxygen atoms in total. The van der Waals surface area contributed by atoms with Gasteiger partial charge in [0.2, 0.25) is 11.2 Å². The predicted octanol–water partition coefficient (Wildman–Crippen LogP) is 5.16. The van der Waals surface area contributed by atoms with Crippen LogP contribution in [-0.4, -0.2) is 11.3 Å². The van der Waals surface area contributed by atoms with E-state index in [0.717, 1.165) is 29.3 Å². The van der Waals surface area contributed by atoms with Crippen LogP contribution >= 0.6 is 0 Å². The summed E-state index contributed by atoms with van der Waals surface area (Å²) in [4.78, 5) is 25.0. The van der Waals surface area contributed by atoms with Crippen LogP contribution in [0.3, 0.4) is 0 Å². The lowest BCUT2D eigenvalue weighted by Gasteiger charge is -2.16. The second-order valence-electron chi connectivity index (χ2n) is 7.48. The Morgan fingerprint density at radius 3 is 2.11 bits per heavy atom. The molecule has 3 aromatic carbocycles. The molecule has 0 saturated heterocycles. The fraction of sp³-hybridized carbons (Fsp3) is 0.111. The lowest BCUT2D eigenvalue weighted by Crippen LogP contribution is -2.16. The number of hydrogen-bond acceptors (Lipinski definition) is 7. The molecule has 4 rings (SSSR count). The van der Waals surface area contributed by atoms with Gasteiger partial charge in [0.15, 0.2) is 5.76 Å². The van der Waals surface area contributed by atoms with Gasteiger partial charge in [-0.05, 0) is 28.8 Å². The van der Waals surface area contributed by atoms with Gasteiger partial charge in [-0.15, -0.1) is 0 Å². The average molecular weight is 476 g/mol. The van der Waals surface area contributed by atoms with E-state index in [1.807, 2.05) is 24.3 Å². The number of hydrogen-bond donors (Lipinski definition) is 1. The summed E-state index contributed by atoms with van der Waals surface area (Å²) >= 11 is 0. The Balaban J connectivity index is 1.58. The van der Waals surface area contributed by atoms with Crippen molar-refractivity contribution >= 4 is 6.16 Å². The number of rotatable bonds is 8. The highest BCUT2D eigenvalue weighted by Gasteiger charge is 2.25. The van der Waals surface area contributed by atoms with E-state index in [1.165, 1.54) is 12.1 Å². The van der Waals surface area contributed by atoms with Crippen LogP contribution in [-0.2, 0) is 18.0 Å². The molecule has 0 amide bonds. The zero-order valence-electron chi connectivity index (χ0n) is 18.4. The molecule has 1 unspecified atom stereocenters. The first-order chi connectivity index (χ1) is 17.0. The number of carbonyl (C=O) groups excluding carboxylic acids is 1. The molecule has 0 saturated carbocycles. The minimum Gasteiger partial charge on any atom is -0.482 e. The van der Waals surface area contributed by atoms with Gasteiger partial charge in [-0.25, -0.2) is 9.18 Å². The van der Waals surface area contributed by atoms with Crippen molar-refractivity contribution in [2.24, 2.45) is 0 Å². The predicted molar refractivity (Wildman–Crippen MR) is 123 cm³/mol. The topological polar surface area (TPSA) is 95.2 Å². The fourth-order valence-corrected chi connectivity index (χ4v) is 3.21. The van der Waals surface area contributed by atoms with Gasteiger partial charge in [0, 0.05) is 0 Å². The van der Waals surface area contributed by atoms with Crippen molar-refractivity contribution in [3.05, 3.63) is 129 Å². The second kappa shape index (κ2) is 11.1. The van der Waals surface area contributed by atoms with E-state index in [0.29, 0.717) is 0 Å². The van der Waals surface area contributed by atoms with Gasteiger partial charge in [-0.2, -0.15) is 0 Å². The van der Waals surface area contributed by atoms with Crippen molar-refractivity contribution in [2.75, 3.05) is 0 Å². The number of carbonyl (C=O) groups is 1. The standard InChI is InChI=1S/C27H21FO7/c28-21-13-11-20(12-14-21)24(30)26-25(32-16-18-7-3-1-4-8-18)22(29)15-23(34-26)35-27(31)33-17-19-9-5-2-6-10-19/h1-15,24,30H,16-17H2. The summed E-state index contributed by atoms with van der Waals surface area (Å²) in [6, 6.07) is 23.9. The van der Waals surface area contributed by atoms with Crippen molar-refractivity contribution in [3.63, 3.8) is 0 Å². The van der Waals surface area contributed by atoms with Gasteiger partial charge in [0.25, 0.3) is 5.95 Å². The Labute approximate surface area is 199 Å². The summed E-state index contributed by atoms with van der Waals surface area (Å²) in [6.45, 7) is -0.0265. The average Bonchev–Trinajstić information content (AvgIpc) is 2.88. The first kappa shape index (κ1) is 23.7. The van der Waals surface area contributed by atoms with Gasteiger partial charge in [-0.3, -0.25) is 4.79 Å². The molecule has 4 aromatic rings. The molecule has 0 spiro atoms. The monoisotopic (exact) mass is 476 g/mol. The maximum Gasteiger partial charge on any atom is 0.516 e. The van der Waals surface area contributed by atoms with Crippen molar-refractivity contribution in [1.82, 2.24) is 0 Å². The largest absolute Gasteiger partial charge is 0.516 e. The van der Waals surface area contributed by atoms with E-state index in [2.05, 4.69) is 0 Å². The van der Waals surface area contributed by atoms with Gasteiger partial charge in [-0.1, -0.05) is 72.8 Å². The first-order valence-electron chi connectivity index (χ1n) is 10.7. The van der Waals surface area contributed by atoms with E-state index in [9.17, 15) is 19.1 Å². The van der Waals surface area contributed by atoms with Gasteiger partial charge < -0.3 is 23.7 Å². The SMILES string of the molecule is O=C(OCc1ccccc1)Oc1cc(=O)c(OCc2ccccc2)c(C(O)c2ccc(F)cc2)o1. The minimum atomic E-state index is -1.50. The summed E-state index contributed by atoms with van der Waals surface area (Å²) in [5.74, 6) is -1.56. The number of ether oxygens (including phenoxy) is 3. The Morgan fingerprint density at radius 2 is 1.49 bits per heavy atom. The van der Waals surface area contributed by atoms with Crippen molar-refractivity contribution < 1.29 is 32.9 Å². The highest BCUT2D eigenvalue weighted by Crippen LogP contribution is 2.31. The zero-order valence-corrected chi connectivity index (χ0v) is 18.4. The molecule has 0 fully saturated rings. The summed E-state index contributed by atoms with van der Waals surface area (Å²) < 4.78 is 34.7. The Hall–Kier alpha value is -4.43. The number of halogens is 1. The maximum absolute atomic E-state index is 13.4. The van der Waals surface area contributed by atoms with E-state index in [1.54, 1.807) is 36.4 Å². The summed E-state index contributed by atoms with van der Waals surface area (Å²) in [5.41, 5.74) is 1.07. The Morgan fingerprint density at radius 1 is 0.886 bits per heavy atom. The highest BCUT2D eigenvalue weighted by atomic mass is 19.1. The lowest BCUT2D eigenvalue weighted by molar-refractivity contribution is 0.0789. The summed E-state index contributed by atoms with van der Waals surface area (Å²) in [7, 11) is 0. The molecule has 0 aliphatic heterocycles. The van der Waals surface area contributed by atoms with Crippen LogP contribution < -0.4 is 14.9 Å². The van der Waals surface area contributed by atoms with Crippen LogP contribution in [0.2, 0.25) is 0 Å². The molecule has 178 valence electrons. The summed E-state index contributed by atoms with van der Waals surface area (Å²) in [5, 5.41) is 10.9. The lowest BCUT2D eigenvalue weighted by atomic mass is 10.1. The van der Waals surface area contributed by atoms with Crippen molar-refractivity contribution in [3.8, 4) is 11.7 Å². The van der Waals surface area contributed by atoms with Crippen LogP contribution in [0.25, 0.3) is 0 Å². The number of aliphatic hydroxyl groups excluding tert-OH is 1. The Kier molecular flexibility index (Phi) is 7.54. The third kappa shape index (κ3) is 6.33. The molecule has 0 aliphatic carbocycles. The van der Waals surface area contributed by atoms with E-state index < -0.39 is 29.5 Å². The van der Waals surface area contributed by atoms with E-state index in [4.69, 9.17) is 18.6 Å². The molecule has 0 radical (unpaired) electrons. The van der Waals surface area contributed by atoms with E-state index >= 15 is 0 Å². The third-order valence-corrected chi connectivity index (χ3v) is 4.95. The molecule has 1 N–H and O–H groups in total. The smallest absolute Gasteiger partial charge is 0.482 e. The third-order valence-electron chi connectivity index (χ3n) is 4.95. The summed E-state index contributed by atoms with van der Waals surface area (Å²) in [6.07, 6.45) is -2.60. The molecule has 8 heteroatoms. The molecule has 1 aromatic heterocycles. The van der Waals surface area contributed by atoms with Crippen LogP contribution in [0.5, 0.6) is 11.7 Å². The van der Waals surface area contributed by atoms with Crippen LogP contribution in [0.15, 0.2) is 100 Å². The fourth-order valence-electron chi connectivity index (χ4n) is 3.21. The molecular weight excluding hydrogens is 455 g/mol. The first-order valence-corrected chi connectivity index (χ1v) is 10.7. The molecular formula is C27H21FO7. The number of aliphatic hydroxyl groups is 1. The van der Waals surface area contributed by atoms with Gasteiger partial charge >= 0.3 is 6.16 Å². The van der Waals surface area contributed by atoms with Crippen LogP contribution in [0, 0.1) is 5.82 Å². The van der Waals surface area contributed by atoms with Crippen LogP contribution in [0.1, 0.15) is 28.6 Å².